The molecule has 1 aromatic heterocycles. The van der Waals surface area contributed by atoms with Crippen molar-refractivity contribution in [2.45, 2.75) is 40.3 Å². The van der Waals surface area contributed by atoms with E-state index in [4.69, 9.17) is 16.3 Å². The van der Waals surface area contributed by atoms with Crippen molar-refractivity contribution in [2.24, 2.45) is 0 Å². The molecule has 0 atom stereocenters. The van der Waals surface area contributed by atoms with Gasteiger partial charge in [-0.05, 0) is 65.4 Å². The highest BCUT2D eigenvalue weighted by Crippen LogP contribution is 2.31. The summed E-state index contributed by atoms with van der Waals surface area (Å²) < 4.78 is 7.42. The Morgan fingerprint density at radius 2 is 1.76 bits per heavy atom. The van der Waals surface area contributed by atoms with E-state index >= 15 is 0 Å². The van der Waals surface area contributed by atoms with Gasteiger partial charge in [0.2, 0.25) is 0 Å². The van der Waals surface area contributed by atoms with Crippen LogP contribution < -0.4 is 5.32 Å². The van der Waals surface area contributed by atoms with Crippen molar-refractivity contribution in [2.75, 3.05) is 7.05 Å². The Labute approximate surface area is 176 Å². The second kappa shape index (κ2) is 8.01. The number of ether oxygens (including phenoxy) is 1. The van der Waals surface area contributed by atoms with E-state index in [1.54, 1.807) is 25.6 Å². The van der Waals surface area contributed by atoms with E-state index in [0.717, 1.165) is 33.6 Å². The largest absolute Gasteiger partial charge is 0.440 e. The zero-order chi connectivity index (χ0) is 21.3. The molecule has 5 nitrogen and oxygen atoms in total. The van der Waals surface area contributed by atoms with Gasteiger partial charge in [0.25, 0.3) is 0 Å². The fourth-order valence-corrected chi connectivity index (χ4v) is 3.33. The van der Waals surface area contributed by atoms with Gasteiger partial charge in [-0.15, -0.1) is 0 Å². The Morgan fingerprint density at radius 3 is 2.34 bits per heavy atom. The number of nitrogens with zero attached hydrogens (tertiary/aromatic N) is 2. The minimum Gasteiger partial charge on any atom is -0.440 e. The molecule has 0 aliphatic carbocycles. The first-order valence-corrected chi connectivity index (χ1v) is 9.86. The number of aryl methyl sites for hydroxylation is 2. The van der Waals surface area contributed by atoms with Crippen LogP contribution in [0.5, 0.6) is 0 Å². The first-order chi connectivity index (χ1) is 13.6. The molecular weight excluding hydrogens is 386 g/mol. The summed E-state index contributed by atoms with van der Waals surface area (Å²) >= 11 is 6.14. The third kappa shape index (κ3) is 4.36. The monoisotopic (exact) mass is 411 g/mol. The number of esters is 1. The van der Waals surface area contributed by atoms with Gasteiger partial charge in [0.05, 0.1) is 11.4 Å². The maximum Gasteiger partial charge on any atom is 0.360 e. The van der Waals surface area contributed by atoms with E-state index in [0.29, 0.717) is 10.7 Å². The van der Waals surface area contributed by atoms with Crippen molar-refractivity contribution >= 4 is 17.6 Å². The predicted molar refractivity (Wildman–Crippen MR) is 117 cm³/mol. The van der Waals surface area contributed by atoms with Crippen LogP contribution >= 0.6 is 11.6 Å². The van der Waals surface area contributed by atoms with Gasteiger partial charge in [-0.1, -0.05) is 41.4 Å². The Morgan fingerprint density at radius 1 is 1.10 bits per heavy atom. The van der Waals surface area contributed by atoms with Crippen LogP contribution in [-0.2, 0) is 4.74 Å². The Hall–Kier alpha value is -2.63. The molecule has 152 valence electrons. The SMILES string of the molecule is CNC(C)(C)OC(=O)c1nn(-c2ccc(Cl)cc2C)c(-c2ccc(C)cc2)c1C. The molecule has 1 N–H and O–H groups in total. The first-order valence-electron chi connectivity index (χ1n) is 9.48. The molecule has 0 unspecified atom stereocenters. The summed E-state index contributed by atoms with van der Waals surface area (Å²) in [4.78, 5) is 12.9. The first kappa shape index (κ1) is 21.1. The van der Waals surface area contributed by atoms with Gasteiger partial charge < -0.3 is 4.74 Å². The molecule has 0 saturated heterocycles. The van der Waals surface area contributed by atoms with Crippen LogP contribution in [0.25, 0.3) is 16.9 Å². The van der Waals surface area contributed by atoms with Crippen LogP contribution in [0.3, 0.4) is 0 Å². The fraction of sp³-hybridized carbons (Fsp3) is 0.304. The smallest absolute Gasteiger partial charge is 0.360 e. The molecule has 0 bridgehead atoms. The molecule has 2 aromatic carbocycles. The summed E-state index contributed by atoms with van der Waals surface area (Å²) in [5.41, 5.74) is 5.07. The molecule has 0 aliphatic rings. The quantitative estimate of drug-likeness (QED) is 0.461. The molecule has 0 aliphatic heterocycles. The van der Waals surface area contributed by atoms with Crippen molar-refractivity contribution in [3.8, 4) is 16.9 Å². The standard InChI is InChI=1S/C23H26ClN3O2/c1-14-7-9-17(10-8-14)21-16(3)20(22(28)29-23(4,5)25-6)26-27(21)19-12-11-18(24)13-15(19)2/h7-13,25H,1-6H3. The number of hydrogen-bond donors (Lipinski definition) is 1. The molecule has 1 heterocycles. The number of halogens is 1. The van der Waals surface area contributed by atoms with Gasteiger partial charge >= 0.3 is 5.97 Å². The molecule has 0 fully saturated rings. The summed E-state index contributed by atoms with van der Waals surface area (Å²) in [5, 5.41) is 8.29. The highest BCUT2D eigenvalue weighted by atomic mass is 35.5. The van der Waals surface area contributed by atoms with E-state index in [2.05, 4.69) is 10.4 Å². The molecule has 3 aromatic rings. The summed E-state index contributed by atoms with van der Waals surface area (Å²) in [6, 6.07) is 13.8. The Bertz CT molecular complexity index is 1050. The lowest BCUT2D eigenvalue weighted by atomic mass is 10.0. The van der Waals surface area contributed by atoms with Crippen molar-refractivity contribution in [1.29, 1.82) is 0 Å². The lowest BCUT2D eigenvalue weighted by molar-refractivity contribution is -0.0139. The minimum atomic E-state index is -0.798. The number of benzene rings is 2. The molecule has 0 saturated carbocycles. The number of nitrogens with one attached hydrogen (secondary N) is 1. The predicted octanol–water partition coefficient (Wildman–Crippen LogP) is 5.23. The topological polar surface area (TPSA) is 56.1 Å². The van der Waals surface area contributed by atoms with Crippen molar-refractivity contribution in [3.05, 3.63) is 69.9 Å². The van der Waals surface area contributed by atoms with Gasteiger partial charge in [0, 0.05) is 16.1 Å². The highest BCUT2D eigenvalue weighted by Gasteiger charge is 2.28. The van der Waals surface area contributed by atoms with Gasteiger partial charge in [-0.3, -0.25) is 5.32 Å². The molecule has 0 radical (unpaired) electrons. The lowest BCUT2D eigenvalue weighted by Gasteiger charge is -2.23. The minimum absolute atomic E-state index is 0.290. The number of carbonyl (C=O) groups is 1. The van der Waals surface area contributed by atoms with Crippen molar-refractivity contribution in [1.82, 2.24) is 15.1 Å². The van der Waals surface area contributed by atoms with Crippen LogP contribution in [-0.4, -0.2) is 28.5 Å². The molecule has 29 heavy (non-hydrogen) atoms. The van der Waals surface area contributed by atoms with Gasteiger partial charge in [0.1, 0.15) is 0 Å². The fourth-order valence-electron chi connectivity index (χ4n) is 3.10. The van der Waals surface area contributed by atoms with E-state index in [-0.39, 0.29) is 0 Å². The van der Waals surface area contributed by atoms with Crippen LogP contribution in [0.4, 0.5) is 0 Å². The maximum absolute atomic E-state index is 12.9. The zero-order valence-corrected chi connectivity index (χ0v) is 18.4. The Kier molecular flexibility index (Phi) is 5.82. The van der Waals surface area contributed by atoms with Crippen molar-refractivity contribution < 1.29 is 9.53 Å². The third-order valence-corrected chi connectivity index (χ3v) is 5.21. The zero-order valence-electron chi connectivity index (χ0n) is 17.6. The van der Waals surface area contributed by atoms with Gasteiger partial charge in [-0.2, -0.15) is 5.10 Å². The molecule has 3 rings (SSSR count). The second-order valence-electron chi connectivity index (χ2n) is 7.68. The molecular formula is C23H26ClN3O2. The van der Waals surface area contributed by atoms with Crippen LogP contribution in [0, 0.1) is 20.8 Å². The van der Waals surface area contributed by atoms with Crippen LogP contribution in [0.1, 0.15) is 41.0 Å². The van der Waals surface area contributed by atoms with E-state index in [9.17, 15) is 4.79 Å². The third-order valence-electron chi connectivity index (χ3n) is 4.98. The van der Waals surface area contributed by atoms with Gasteiger partial charge in [0.15, 0.2) is 11.4 Å². The maximum atomic E-state index is 12.9. The van der Waals surface area contributed by atoms with Crippen LogP contribution in [0.2, 0.25) is 5.02 Å². The second-order valence-corrected chi connectivity index (χ2v) is 8.12. The van der Waals surface area contributed by atoms with E-state index in [1.807, 2.05) is 63.2 Å². The van der Waals surface area contributed by atoms with E-state index < -0.39 is 11.7 Å². The van der Waals surface area contributed by atoms with Crippen LogP contribution in [0.15, 0.2) is 42.5 Å². The molecule has 6 heteroatoms. The average Bonchev–Trinajstić information content (AvgIpc) is 2.99. The molecule has 0 spiro atoms. The lowest BCUT2D eigenvalue weighted by Crippen LogP contribution is -2.41. The van der Waals surface area contributed by atoms with Crippen molar-refractivity contribution in [3.63, 3.8) is 0 Å². The van der Waals surface area contributed by atoms with E-state index in [1.165, 1.54) is 0 Å². The average molecular weight is 412 g/mol. The normalized spacial score (nSPS) is 11.6. The summed E-state index contributed by atoms with van der Waals surface area (Å²) in [7, 11) is 1.74. The number of hydrogen-bond acceptors (Lipinski definition) is 4. The summed E-state index contributed by atoms with van der Waals surface area (Å²) in [6.45, 7) is 9.50. The summed E-state index contributed by atoms with van der Waals surface area (Å²) in [5.74, 6) is -0.472. The number of aromatic nitrogens is 2. The van der Waals surface area contributed by atoms with Gasteiger partial charge in [-0.25, -0.2) is 9.48 Å². The highest BCUT2D eigenvalue weighted by molar-refractivity contribution is 6.30. The number of carbonyl (C=O) groups excluding carboxylic acids is 1. The summed E-state index contributed by atoms with van der Waals surface area (Å²) in [6.07, 6.45) is 0. The Balaban J connectivity index is 2.20. The molecule has 0 amide bonds. The number of rotatable bonds is 5.